The quantitative estimate of drug-likeness (QED) is 0.804. The molecule has 2 aromatic rings. The number of sulfonamides is 1. The average molecular weight is 348 g/mol. The van der Waals surface area contributed by atoms with Crippen LogP contribution in [0.3, 0.4) is 0 Å². The molecule has 0 atom stereocenters. The molecular weight excluding hydrogens is 328 g/mol. The first-order chi connectivity index (χ1) is 11.5. The van der Waals surface area contributed by atoms with E-state index in [4.69, 9.17) is 9.47 Å². The molecule has 7 heteroatoms. The summed E-state index contributed by atoms with van der Waals surface area (Å²) in [4.78, 5) is 0.0611. The molecule has 3 rings (SSSR count). The molecule has 1 fully saturated rings. The molecule has 0 aliphatic heterocycles. The number of nitrogens with one attached hydrogen (secondary N) is 2. The van der Waals surface area contributed by atoms with Gasteiger partial charge < -0.3 is 14.8 Å². The minimum atomic E-state index is -3.76. The second-order valence-corrected chi connectivity index (χ2v) is 7.27. The van der Waals surface area contributed by atoms with E-state index in [0.29, 0.717) is 17.5 Å². The lowest BCUT2D eigenvalue weighted by molar-refractivity contribution is 0.386. The predicted octanol–water partition coefficient (Wildman–Crippen LogP) is 3.08. The zero-order chi connectivity index (χ0) is 17.2. The van der Waals surface area contributed by atoms with Crippen molar-refractivity contribution in [2.45, 2.75) is 23.8 Å². The van der Waals surface area contributed by atoms with Crippen LogP contribution in [0, 0.1) is 0 Å². The molecule has 2 aromatic carbocycles. The van der Waals surface area contributed by atoms with Gasteiger partial charge in [-0.25, -0.2) is 8.42 Å². The summed E-state index contributed by atoms with van der Waals surface area (Å²) in [6.45, 7) is 0. The fourth-order valence-corrected chi connectivity index (χ4v) is 3.52. The van der Waals surface area contributed by atoms with E-state index in [1.165, 1.54) is 39.2 Å². The Morgan fingerprint density at radius 3 is 2.21 bits per heavy atom. The average Bonchev–Trinajstić information content (AvgIpc) is 3.39. The Labute approximate surface area is 141 Å². The summed E-state index contributed by atoms with van der Waals surface area (Å²) in [5.41, 5.74) is 1.48. The molecule has 24 heavy (non-hydrogen) atoms. The summed E-state index contributed by atoms with van der Waals surface area (Å²) >= 11 is 0. The Morgan fingerprint density at radius 1 is 0.958 bits per heavy atom. The van der Waals surface area contributed by atoms with Crippen molar-refractivity contribution in [1.82, 2.24) is 0 Å². The predicted molar refractivity (Wildman–Crippen MR) is 93.4 cm³/mol. The molecule has 6 nitrogen and oxygen atoms in total. The first kappa shape index (κ1) is 16.4. The number of hydrogen-bond donors (Lipinski definition) is 2. The third-order valence-electron chi connectivity index (χ3n) is 3.75. The number of benzene rings is 2. The van der Waals surface area contributed by atoms with Crippen molar-refractivity contribution in [3.63, 3.8) is 0 Å². The van der Waals surface area contributed by atoms with Crippen LogP contribution < -0.4 is 19.5 Å². The summed E-state index contributed by atoms with van der Waals surface area (Å²) in [5, 5.41) is 3.36. The lowest BCUT2D eigenvalue weighted by Gasteiger charge is -2.13. The third-order valence-corrected chi connectivity index (χ3v) is 5.17. The van der Waals surface area contributed by atoms with Gasteiger partial charge in [-0.05, 0) is 49.2 Å². The molecule has 0 unspecified atom stereocenters. The Morgan fingerprint density at radius 2 is 1.62 bits per heavy atom. The summed E-state index contributed by atoms with van der Waals surface area (Å²) in [6.07, 6.45) is 2.37. The molecule has 0 saturated heterocycles. The Kier molecular flexibility index (Phi) is 4.53. The molecular formula is C17H20N2O4S. The van der Waals surface area contributed by atoms with Gasteiger partial charge in [0.05, 0.1) is 14.2 Å². The molecule has 0 bridgehead atoms. The maximum atomic E-state index is 12.6. The highest BCUT2D eigenvalue weighted by atomic mass is 32.2. The van der Waals surface area contributed by atoms with Gasteiger partial charge in [0, 0.05) is 23.5 Å². The van der Waals surface area contributed by atoms with E-state index in [1.54, 1.807) is 18.2 Å². The molecule has 2 N–H and O–H groups in total. The van der Waals surface area contributed by atoms with Crippen LogP contribution in [0.15, 0.2) is 47.4 Å². The van der Waals surface area contributed by atoms with E-state index in [0.717, 1.165) is 5.69 Å². The fourth-order valence-electron chi connectivity index (χ4n) is 2.30. The van der Waals surface area contributed by atoms with Crippen molar-refractivity contribution in [2.24, 2.45) is 0 Å². The highest BCUT2D eigenvalue weighted by Gasteiger charge is 2.22. The standard InChI is InChI=1S/C17H20N2O4S/c1-22-15-9-10-17(16(11-15)23-2)24(20,21)19-14-7-5-13(6-8-14)18-12-3-4-12/h5-12,18-19H,3-4H2,1-2H3. The summed E-state index contributed by atoms with van der Waals surface area (Å²) in [6, 6.07) is 12.3. The zero-order valence-electron chi connectivity index (χ0n) is 13.6. The second kappa shape index (κ2) is 6.60. The molecule has 1 aliphatic carbocycles. The molecule has 0 radical (unpaired) electrons. The highest BCUT2D eigenvalue weighted by Crippen LogP contribution is 2.30. The van der Waals surface area contributed by atoms with Crippen LogP contribution >= 0.6 is 0 Å². The Hall–Kier alpha value is -2.41. The Balaban J connectivity index is 1.80. The molecule has 128 valence electrons. The molecule has 0 heterocycles. The van der Waals surface area contributed by atoms with Crippen molar-refractivity contribution in [1.29, 1.82) is 0 Å². The van der Waals surface area contributed by atoms with Gasteiger partial charge in [-0.15, -0.1) is 0 Å². The van der Waals surface area contributed by atoms with Gasteiger partial charge in [0.2, 0.25) is 0 Å². The van der Waals surface area contributed by atoms with Crippen LogP contribution in [-0.2, 0) is 10.0 Å². The molecule has 1 aliphatic rings. The van der Waals surface area contributed by atoms with Crippen molar-refractivity contribution in [2.75, 3.05) is 24.3 Å². The van der Waals surface area contributed by atoms with Gasteiger partial charge in [-0.2, -0.15) is 0 Å². The number of rotatable bonds is 7. The van der Waals surface area contributed by atoms with E-state index >= 15 is 0 Å². The fraction of sp³-hybridized carbons (Fsp3) is 0.294. The van der Waals surface area contributed by atoms with E-state index < -0.39 is 10.0 Å². The molecule has 0 spiro atoms. The Bertz CT molecular complexity index is 815. The minimum absolute atomic E-state index is 0.0611. The van der Waals surface area contributed by atoms with E-state index in [9.17, 15) is 8.42 Å². The monoisotopic (exact) mass is 348 g/mol. The SMILES string of the molecule is COc1ccc(S(=O)(=O)Nc2ccc(NC3CC3)cc2)c(OC)c1. The van der Waals surface area contributed by atoms with Gasteiger partial charge in [0.25, 0.3) is 10.0 Å². The number of methoxy groups -OCH3 is 2. The summed E-state index contributed by atoms with van der Waals surface area (Å²) < 4.78 is 38.0. The number of hydrogen-bond acceptors (Lipinski definition) is 5. The second-order valence-electron chi connectivity index (χ2n) is 5.62. The van der Waals surface area contributed by atoms with Gasteiger partial charge in [-0.3, -0.25) is 4.72 Å². The normalized spacial score (nSPS) is 14.1. The summed E-state index contributed by atoms with van der Waals surface area (Å²) in [7, 11) is -0.821. The van der Waals surface area contributed by atoms with Crippen LogP contribution in [0.2, 0.25) is 0 Å². The maximum Gasteiger partial charge on any atom is 0.265 e. The van der Waals surface area contributed by atoms with Crippen molar-refractivity contribution in [3.05, 3.63) is 42.5 Å². The van der Waals surface area contributed by atoms with Crippen LogP contribution in [0.25, 0.3) is 0 Å². The molecule has 1 saturated carbocycles. The molecule has 0 amide bonds. The number of ether oxygens (including phenoxy) is 2. The third kappa shape index (κ3) is 3.73. The van der Waals surface area contributed by atoms with Crippen molar-refractivity contribution in [3.8, 4) is 11.5 Å². The topological polar surface area (TPSA) is 76.7 Å². The lowest BCUT2D eigenvalue weighted by Crippen LogP contribution is -2.14. The number of anilines is 2. The van der Waals surface area contributed by atoms with E-state index in [1.807, 2.05) is 12.1 Å². The van der Waals surface area contributed by atoms with Crippen molar-refractivity contribution < 1.29 is 17.9 Å². The zero-order valence-corrected chi connectivity index (χ0v) is 14.4. The van der Waals surface area contributed by atoms with Crippen LogP contribution in [0.1, 0.15) is 12.8 Å². The summed E-state index contributed by atoms with van der Waals surface area (Å²) in [5.74, 6) is 0.759. The smallest absolute Gasteiger partial charge is 0.265 e. The highest BCUT2D eigenvalue weighted by molar-refractivity contribution is 7.92. The van der Waals surface area contributed by atoms with Crippen LogP contribution in [0.5, 0.6) is 11.5 Å². The maximum absolute atomic E-state index is 12.6. The lowest BCUT2D eigenvalue weighted by atomic mass is 10.3. The van der Waals surface area contributed by atoms with Gasteiger partial charge in [0.1, 0.15) is 16.4 Å². The van der Waals surface area contributed by atoms with Crippen LogP contribution in [0.4, 0.5) is 11.4 Å². The first-order valence-corrected chi connectivity index (χ1v) is 9.11. The van der Waals surface area contributed by atoms with Gasteiger partial charge in [0.15, 0.2) is 0 Å². The molecule has 0 aromatic heterocycles. The largest absolute Gasteiger partial charge is 0.497 e. The van der Waals surface area contributed by atoms with Crippen molar-refractivity contribution >= 4 is 21.4 Å². The van der Waals surface area contributed by atoms with E-state index in [2.05, 4.69) is 10.0 Å². The van der Waals surface area contributed by atoms with Crippen LogP contribution in [-0.4, -0.2) is 28.7 Å². The minimum Gasteiger partial charge on any atom is -0.497 e. The first-order valence-electron chi connectivity index (χ1n) is 7.63. The van der Waals surface area contributed by atoms with Gasteiger partial charge >= 0.3 is 0 Å². The van der Waals surface area contributed by atoms with Gasteiger partial charge in [-0.1, -0.05) is 0 Å². The van der Waals surface area contributed by atoms with E-state index in [-0.39, 0.29) is 10.6 Å².